The van der Waals surface area contributed by atoms with Gasteiger partial charge in [0, 0.05) is 12.4 Å². The number of nitrogens with one attached hydrogen (secondary N) is 2. The second kappa shape index (κ2) is 5.86. The molecule has 1 aromatic heterocycles. The van der Waals surface area contributed by atoms with Crippen LogP contribution in [0.25, 0.3) is 0 Å². The van der Waals surface area contributed by atoms with Gasteiger partial charge in [0.15, 0.2) is 0 Å². The van der Waals surface area contributed by atoms with Crippen LogP contribution in [0.1, 0.15) is 24.4 Å². The van der Waals surface area contributed by atoms with E-state index in [-0.39, 0.29) is 12.6 Å². The molecule has 1 amide bonds. The highest BCUT2D eigenvalue weighted by molar-refractivity contribution is 5.67. The Kier molecular flexibility index (Phi) is 3.96. The van der Waals surface area contributed by atoms with Crippen molar-refractivity contribution in [2.75, 3.05) is 0 Å². The number of carbonyl (C=O) groups excluding carboxylic acids is 1. The number of amides is 1. The second-order valence-electron chi connectivity index (χ2n) is 3.90. The molecule has 0 aliphatic heterocycles. The molecule has 0 unspecified atom stereocenters. The van der Waals surface area contributed by atoms with Crippen LogP contribution >= 0.6 is 0 Å². The van der Waals surface area contributed by atoms with Crippen LogP contribution in [0.15, 0.2) is 42.7 Å². The molecule has 0 spiro atoms. The van der Waals surface area contributed by atoms with E-state index in [1.165, 1.54) is 0 Å². The molecule has 0 fully saturated rings. The number of carbonyl (C=O) groups is 1. The van der Waals surface area contributed by atoms with E-state index in [4.69, 9.17) is 4.74 Å². The van der Waals surface area contributed by atoms with Gasteiger partial charge in [-0.1, -0.05) is 30.3 Å². The number of hydrogen-bond donors (Lipinski definition) is 2. The summed E-state index contributed by atoms with van der Waals surface area (Å²) < 4.78 is 5.11. The standard InChI is InChI=1S/C13H15N3O2/c1-10(12-14-7-8-15-12)16-13(17)18-9-11-5-3-2-4-6-11/h2-8,10H,9H2,1H3,(H,14,15)(H,16,17)/t10-/m0/s1. The summed E-state index contributed by atoms with van der Waals surface area (Å²) in [6.45, 7) is 2.10. The molecule has 2 N–H and O–H groups in total. The first-order chi connectivity index (χ1) is 8.75. The summed E-state index contributed by atoms with van der Waals surface area (Å²) in [5, 5.41) is 2.70. The fourth-order valence-corrected chi connectivity index (χ4v) is 1.52. The van der Waals surface area contributed by atoms with E-state index >= 15 is 0 Å². The number of aromatic amines is 1. The van der Waals surface area contributed by atoms with Gasteiger partial charge in [-0.25, -0.2) is 9.78 Å². The number of ether oxygens (including phenoxy) is 1. The van der Waals surface area contributed by atoms with Crippen LogP contribution in [0.4, 0.5) is 4.79 Å². The fraction of sp³-hybridized carbons (Fsp3) is 0.231. The fourth-order valence-electron chi connectivity index (χ4n) is 1.52. The molecule has 1 heterocycles. The quantitative estimate of drug-likeness (QED) is 0.869. The first kappa shape index (κ1) is 12.2. The Hall–Kier alpha value is -2.30. The lowest BCUT2D eigenvalue weighted by atomic mass is 10.2. The minimum Gasteiger partial charge on any atom is -0.445 e. The third kappa shape index (κ3) is 3.35. The van der Waals surface area contributed by atoms with E-state index in [1.807, 2.05) is 37.3 Å². The molecule has 18 heavy (non-hydrogen) atoms. The molecule has 0 aliphatic carbocycles. The van der Waals surface area contributed by atoms with Crippen molar-refractivity contribution in [3.8, 4) is 0 Å². The highest BCUT2D eigenvalue weighted by atomic mass is 16.5. The largest absolute Gasteiger partial charge is 0.445 e. The Morgan fingerprint density at radius 2 is 2.22 bits per heavy atom. The summed E-state index contributed by atoms with van der Waals surface area (Å²) in [5.74, 6) is 0.701. The van der Waals surface area contributed by atoms with Crippen molar-refractivity contribution in [2.45, 2.75) is 19.6 Å². The van der Waals surface area contributed by atoms with Gasteiger partial charge in [-0.3, -0.25) is 0 Å². The second-order valence-corrected chi connectivity index (χ2v) is 3.90. The van der Waals surface area contributed by atoms with Crippen molar-refractivity contribution in [1.29, 1.82) is 0 Å². The average molecular weight is 245 g/mol. The number of rotatable bonds is 4. The van der Waals surface area contributed by atoms with Gasteiger partial charge in [-0.05, 0) is 12.5 Å². The maximum absolute atomic E-state index is 11.5. The molecule has 0 aliphatic rings. The van der Waals surface area contributed by atoms with Crippen LogP contribution in [0, 0.1) is 0 Å². The molecule has 5 heteroatoms. The van der Waals surface area contributed by atoms with Crippen LogP contribution in [0.2, 0.25) is 0 Å². The molecular formula is C13H15N3O2. The average Bonchev–Trinajstić information content (AvgIpc) is 2.91. The number of aromatic nitrogens is 2. The van der Waals surface area contributed by atoms with E-state index < -0.39 is 6.09 Å². The van der Waals surface area contributed by atoms with E-state index in [2.05, 4.69) is 15.3 Å². The third-order valence-corrected chi connectivity index (χ3v) is 2.48. The van der Waals surface area contributed by atoms with Gasteiger partial charge in [-0.2, -0.15) is 0 Å². The molecule has 1 atom stereocenters. The third-order valence-electron chi connectivity index (χ3n) is 2.48. The first-order valence-electron chi connectivity index (χ1n) is 5.72. The Morgan fingerprint density at radius 1 is 1.44 bits per heavy atom. The van der Waals surface area contributed by atoms with Crippen LogP contribution in [0.3, 0.4) is 0 Å². The number of H-pyrrole nitrogens is 1. The summed E-state index contributed by atoms with van der Waals surface area (Å²) >= 11 is 0. The van der Waals surface area contributed by atoms with Gasteiger partial charge in [0.1, 0.15) is 12.4 Å². The topological polar surface area (TPSA) is 67.0 Å². The number of alkyl carbamates (subject to hydrolysis) is 1. The number of hydrogen-bond acceptors (Lipinski definition) is 3. The van der Waals surface area contributed by atoms with Gasteiger partial charge in [0.05, 0.1) is 6.04 Å². The Bertz CT molecular complexity index is 482. The zero-order valence-electron chi connectivity index (χ0n) is 10.1. The SMILES string of the molecule is C[C@H](NC(=O)OCc1ccccc1)c1ncc[nH]1. The molecule has 0 radical (unpaired) electrons. The smallest absolute Gasteiger partial charge is 0.408 e. The van der Waals surface area contributed by atoms with Gasteiger partial charge in [0.25, 0.3) is 0 Å². The van der Waals surface area contributed by atoms with E-state index in [0.717, 1.165) is 5.56 Å². The summed E-state index contributed by atoms with van der Waals surface area (Å²) in [4.78, 5) is 18.5. The molecule has 2 aromatic rings. The summed E-state index contributed by atoms with van der Waals surface area (Å²) in [6.07, 6.45) is 2.90. The van der Waals surface area contributed by atoms with Crippen LogP contribution in [0.5, 0.6) is 0 Å². The highest BCUT2D eigenvalue weighted by Crippen LogP contribution is 2.06. The van der Waals surface area contributed by atoms with Crippen LogP contribution < -0.4 is 5.32 Å². The Morgan fingerprint density at radius 3 is 2.89 bits per heavy atom. The monoisotopic (exact) mass is 245 g/mol. The minimum atomic E-state index is -0.456. The van der Waals surface area contributed by atoms with Crippen molar-refractivity contribution in [2.24, 2.45) is 0 Å². The van der Waals surface area contributed by atoms with E-state index in [1.54, 1.807) is 12.4 Å². The molecule has 0 saturated heterocycles. The molecule has 1 aromatic carbocycles. The Labute approximate surface area is 105 Å². The molecule has 94 valence electrons. The van der Waals surface area contributed by atoms with Crippen molar-refractivity contribution in [1.82, 2.24) is 15.3 Å². The zero-order chi connectivity index (χ0) is 12.8. The number of nitrogens with zero attached hydrogens (tertiary/aromatic N) is 1. The lowest BCUT2D eigenvalue weighted by Crippen LogP contribution is -2.27. The first-order valence-corrected chi connectivity index (χ1v) is 5.72. The maximum atomic E-state index is 11.5. The predicted octanol–water partition coefficient (Wildman–Crippen LogP) is 2.40. The Balaban J connectivity index is 1.79. The molecule has 0 saturated carbocycles. The summed E-state index contributed by atoms with van der Waals surface area (Å²) in [7, 11) is 0. The van der Waals surface area contributed by atoms with Crippen molar-refractivity contribution >= 4 is 6.09 Å². The summed E-state index contributed by atoms with van der Waals surface area (Å²) in [5.41, 5.74) is 0.957. The lowest BCUT2D eigenvalue weighted by molar-refractivity contribution is 0.136. The lowest BCUT2D eigenvalue weighted by Gasteiger charge is -2.11. The van der Waals surface area contributed by atoms with Crippen LogP contribution in [-0.4, -0.2) is 16.1 Å². The van der Waals surface area contributed by atoms with Gasteiger partial charge in [0.2, 0.25) is 0 Å². The van der Waals surface area contributed by atoms with E-state index in [0.29, 0.717) is 5.82 Å². The highest BCUT2D eigenvalue weighted by Gasteiger charge is 2.11. The van der Waals surface area contributed by atoms with Crippen molar-refractivity contribution < 1.29 is 9.53 Å². The maximum Gasteiger partial charge on any atom is 0.408 e. The summed E-state index contributed by atoms with van der Waals surface area (Å²) in [6, 6.07) is 9.34. The zero-order valence-corrected chi connectivity index (χ0v) is 10.1. The number of benzene rings is 1. The van der Waals surface area contributed by atoms with Gasteiger partial charge in [-0.15, -0.1) is 0 Å². The van der Waals surface area contributed by atoms with Crippen LogP contribution in [-0.2, 0) is 11.3 Å². The van der Waals surface area contributed by atoms with Crippen molar-refractivity contribution in [3.05, 3.63) is 54.1 Å². The molecule has 5 nitrogen and oxygen atoms in total. The van der Waals surface area contributed by atoms with Gasteiger partial charge >= 0.3 is 6.09 Å². The number of imidazole rings is 1. The molecular weight excluding hydrogens is 230 g/mol. The normalized spacial score (nSPS) is 11.8. The van der Waals surface area contributed by atoms with Gasteiger partial charge < -0.3 is 15.0 Å². The predicted molar refractivity (Wildman–Crippen MR) is 66.8 cm³/mol. The minimum absolute atomic E-state index is 0.205. The van der Waals surface area contributed by atoms with E-state index in [9.17, 15) is 4.79 Å². The molecule has 2 rings (SSSR count). The van der Waals surface area contributed by atoms with Crippen molar-refractivity contribution in [3.63, 3.8) is 0 Å². The molecule has 0 bridgehead atoms.